The van der Waals surface area contributed by atoms with Crippen molar-refractivity contribution in [3.05, 3.63) is 42.2 Å². The summed E-state index contributed by atoms with van der Waals surface area (Å²) in [4.78, 5) is 24.5. The van der Waals surface area contributed by atoms with E-state index in [-0.39, 0.29) is 42.0 Å². The molecule has 144 valence electrons. The van der Waals surface area contributed by atoms with Crippen molar-refractivity contribution in [3.63, 3.8) is 0 Å². The molecule has 8 heteroatoms. The monoisotopic (exact) mass is 389 g/mol. The number of amides is 2. The second-order valence-corrected chi connectivity index (χ2v) is 7.15. The molecule has 2 aliphatic rings. The van der Waals surface area contributed by atoms with Crippen LogP contribution >= 0.6 is 12.4 Å². The number of halogens is 1. The molecule has 4 rings (SSSR count). The molecule has 1 aliphatic heterocycles. The van der Waals surface area contributed by atoms with Crippen molar-refractivity contribution in [1.82, 2.24) is 15.1 Å². The molecular formula is C19H24ClN5O2. The van der Waals surface area contributed by atoms with Crippen LogP contribution in [0.5, 0.6) is 0 Å². The van der Waals surface area contributed by atoms with E-state index in [1.807, 2.05) is 43.7 Å². The highest BCUT2D eigenvalue weighted by atomic mass is 35.5. The second-order valence-electron chi connectivity index (χ2n) is 7.15. The molecule has 2 amide bonds. The van der Waals surface area contributed by atoms with Crippen LogP contribution in [0.3, 0.4) is 0 Å². The molecule has 1 aromatic carbocycles. The molecule has 0 radical (unpaired) electrons. The third-order valence-electron chi connectivity index (χ3n) is 5.07. The summed E-state index contributed by atoms with van der Waals surface area (Å²) in [5, 5.41) is 13.4. The third kappa shape index (κ3) is 4.48. The number of nitrogens with zero attached hydrogens (tertiary/aromatic N) is 2. The minimum atomic E-state index is -0.131. The standard InChI is InChI=1S/C19H23N5O2.ClH/c1-24-11-13(8-21-24)16-9-20-10-17(16)19(26)23-15-6-4-14(5-7-15)22-18(25)12-2-3-12;/h4-8,11-12,16-17,20H,2-3,9-10H2,1H3,(H,22,25)(H,23,26);1H/t16-,17+;/m1./s1. The van der Waals surface area contributed by atoms with Gasteiger partial charge in [-0.2, -0.15) is 5.10 Å². The van der Waals surface area contributed by atoms with E-state index >= 15 is 0 Å². The fourth-order valence-corrected chi connectivity index (χ4v) is 3.40. The van der Waals surface area contributed by atoms with Gasteiger partial charge in [-0.05, 0) is 42.7 Å². The minimum Gasteiger partial charge on any atom is -0.326 e. The summed E-state index contributed by atoms with van der Waals surface area (Å²) in [5.41, 5.74) is 2.57. The predicted molar refractivity (Wildman–Crippen MR) is 106 cm³/mol. The van der Waals surface area contributed by atoms with Crippen LogP contribution in [0.25, 0.3) is 0 Å². The first kappa shape index (κ1) is 19.4. The van der Waals surface area contributed by atoms with Gasteiger partial charge in [-0.15, -0.1) is 12.4 Å². The highest BCUT2D eigenvalue weighted by Gasteiger charge is 2.34. The van der Waals surface area contributed by atoms with Crippen molar-refractivity contribution in [2.45, 2.75) is 18.8 Å². The molecule has 2 aromatic rings. The number of aryl methyl sites for hydroxylation is 1. The van der Waals surface area contributed by atoms with Crippen molar-refractivity contribution in [2.75, 3.05) is 23.7 Å². The fraction of sp³-hybridized carbons (Fsp3) is 0.421. The number of carbonyl (C=O) groups is 2. The molecule has 1 aliphatic carbocycles. The van der Waals surface area contributed by atoms with Gasteiger partial charge in [0.15, 0.2) is 0 Å². The summed E-state index contributed by atoms with van der Waals surface area (Å²) in [6, 6.07) is 7.28. The van der Waals surface area contributed by atoms with Gasteiger partial charge in [-0.1, -0.05) is 0 Å². The van der Waals surface area contributed by atoms with E-state index in [2.05, 4.69) is 21.0 Å². The number of rotatable bonds is 5. The molecule has 2 fully saturated rings. The lowest BCUT2D eigenvalue weighted by Gasteiger charge is -2.17. The van der Waals surface area contributed by atoms with Crippen molar-refractivity contribution in [1.29, 1.82) is 0 Å². The topological polar surface area (TPSA) is 88.0 Å². The van der Waals surface area contributed by atoms with Crippen LogP contribution < -0.4 is 16.0 Å². The van der Waals surface area contributed by atoms with Crippen LogP contribution in [-0.4, -0.2) is 34.7 Å². The highest BCUT2D eigenvalue weighted by Crippen LogP contribution is 2.31. The molecule has 2 heterocycles. The van der Waals surface area contributed by atoms with Crippen molar-refractivity contribution < 1.29 is 9.59 Å². The lowest BCUT2D eigenvalue weighted by Crippen LogP contribution is -2.28. The summed E-state index contributed by atoms with van der Waals surface area (Å²) < 4.78 is 1.76. The van der Waals surface area contributed by atoms with Crippen LogP contribution in [0.1, 0.15) is 24.3 Å². The van der Waals surface area contributed by atoms with Crippen LogP contribution in [0, 0.1) is 11.8 Å². The number of aromatic nitrogens is 2. The van der Waals surface area contributed by atoms with E-state index in [0.29, 0.717) is 6.54 Å². The molecule has 3 N–H and O–H groups in total. The Morgan fingerprint density at radius 1 is 1.07 bits per heavy atom. The van der Waals surface area contributed by atoms with Gasteiger partial charge in [-0.3, -0.25) is 14.3 Å². The summed E-state index contributed by atoms with van der Waals surface area (Å²) in [6.45, 7) is 1.43. The number of hydrogen-bond acceptors (Lipinski definition) is 4. The molecule has 0 unspecified atom stereocenters. The summed E-state index contributed by atoms with van der Waals surface area (Å²) in [6.07, 6.45) is 5.76. The Morgan fingerprint density at radius 3 is 2.26 bits per heavy atom. The number of benzene rings is 1. The second kappa shape index (κ2) is 8.10. The van der Waals surface area contributed by atoms with E-state index in [1.54, 1.807) is 4.68 Å². The lowest BCUT2D eigenvalue weighted by molar-refractivity contribution is -0.119. The maximum Gasteiger partial charge on any atom is 0.229 e. The van der Waals surface area contributed by atoms with Crippen LogP contribution in [0.2, 0.25) is 0 Å². The largest absolute Gasteiger partial charge is 0.326 e. The zero-order chi connectivity index (χ0) is 18.1. The molecule has 0 bridgehead atoms. The van der Waals surface area contributed by atoms with E-state index in [0.717, 1.165) is 36.3 Å². The number of carbonyl (C=O) groups excluding carboxylic acids is 2. The fourth-order valence-electron chi connectivity index (χ4n) is 3.40. The van der Waals surface area contributed by atoms with Crippen LogP contribution in [0.15, 0.2) is 36.7 Å². The zero-order valence-electron chi connectivity index (χ0n) is 15.1. The Labute approximate surface area is 164 Å². The molecule has 7 nitrogen and oxygen atoms in total. The number of nitrogens with one attached hydrogen (secondary N) is 3. The molecule has 1 saturated carbocycles. The Balaban J connectivity index is 0.00000210. The van der Waals surface area contributed by atoms with Gasteiger partial charge in [-0.25, -0.2) is 0 Å². The summed E-state index contributed by atoms with van der Waals surface area (Å²) >= 11 is 0. The predicted octanol–water partition coefficient (Wildman–Crippen LogP) is 2.13. The van der Waals surface area contributed by atoms with Gasteiger partial charge < -0.3 is 16.0 Å². The van der Waals surface area contributed by atoms with E-state index in [1.165, 1.54) is 0 Å². The SMILES string of the molecule is Cl.Cn1cc([C@H]2CNC[C@@H]2C(=O)Nc2ccc(NC(=O)C3CC3)cc2)cn1. The van der Waals surface area contributed by atoms with Gasteiger partial charge in [0.2, 0.25) is 11.8 Å². The van der Waals surface area contributed by atoms with Crippen LogP contribution in [0.4, 0.5) is 11.4 Å². The van der Waals surface area contributed by atoms with Crippen molar-refractivity contribution >= 4 is 35.6 Å². The number of hydrogen-bond donors (Lipinski definition) is 3. The number of anilines is 2. The zero-order valence-corrected chi connectivity index (χ0v) is 16.0. The van der Waals surface area contributed by atoms with Gasteiger partial charge in [0, 0.05) is 49.5 Å². The molecule has 0 spiro atoms. The van der Waals surface area contributed by atoms with Gasteiger partial charge in [0.05, 0.1) is 12.1 Å². The first-order valence-corrected chi connectivity index (χ1v) is 9.01. The molecule has 27 heavy (non-hydrogen) atoms. The van der Waals surface area contributed by atoms with E-state index < -0.39 is 0 Å². The van der Waals surface area contributed by atoms with Gasteiger partial charge in [0.25, 0.3) is 0 Å². The Bertz CT molecular complexity index is 816. The molecule has 1 aromatic heterocycles. The average molecular weight is 390 g/mol. The van der Waals surface area contributed by atoms with E-state index in [4.69, 9.17) is 0 Å². The Kier molecular flexibility index (Phi) is 5.82. The highest BCUT2D eigenvalue weighted by molar-refractivity contribution is 5.95. The Hall–Kier alpha value is -2.38. The summed E-state index contributed by atoms with van der Waals surface area (Å²) in [7, 11) is 1.88. The maximum atomic E-state index is 12.7. The Morgan fingerprint density at radius 2 is 1.70 bits per heavy atom. The quantitative estimate of drug-likeness (QED) is 0.731. The molecule has 1 saturated heterocycles. The summed E-state index contributed by atoms with van der Waals surface area (Å²) in [5.74, 6) is 0.250. The van der Waals surface area contributed by atoms with Gasteiger partial charge >= 0.3 is 0 Å². The average Bonchev–Trinajstić information content (AvgIpc) is 3.21. The first-order valence-electron chi connectivity index (χ1n) is 9.01. The van der Waals surface area contributed by atoms with Gasteiger partial charge in [0.1, 0.15) is 0 Å². The van der Waals surface area contributed by atoms with E-state index in [9.17, 15) is 9.59 Å². The van der Waals surface area contributed by atoms with Crippen molar-refractivity contribution in [3.8, 4) is 0 Å². The van der Waals surface area contributed by atoms with Crippen molar-refractivity contribution in [2.24, 2.45) is 18.9 Å². The smallest absolute Gasteiger partial charge is 0.229 e. The van der Waals surface area contributed by atoms with Crippen LogP contribution in [-0.2, 0) is 16.6 Å². The molecular weight excluding hydrogens is 366 g/mol. The molecule has 2 atom stereocenters. The lowest BCUT2D eigenvalue weighted by atomic mass is 9.90. The maximum absolute atomic E-state index is 12.7. The first-order chi connectivity index (χ1) is 12.6. The normalized spacial score (nSPS) is 21.4. The third-order valence-corrected chi connectivity index (χ3v) is 5.07. The minimum absolute atomic E-state index is 0.